The van der Waals surface area contributed by atoms with Gasteiger partial charge in [-0.1, -0.05) is 30.3 Å². The van der Waals surface area contributed by atoms with Crippen molar-refractivity contribution < 1.29 is 12.8 Å². The highest BCUT2D eigenvalue weighted by molar-refractivity contribution is 7.98. The van der Waals surface area contributed by atoms with Gasteiger partial charge in [0.15, 0.2) is 5.76 Å². The predicted octanol–water partition coefficient (Wildman–Crippen LogP) is 5.31. The molecule has 0 unspecified atom stereocenters. The van der Waals surface area contributed by atoms with Crippen LogP contribution in [0.1, 0.15) is 5.76 Å². The molecular formula is C27H25N5O3S2. The van der Waals surface area contributed by atoms with E-state index in [1.807, 2.05) is 18.2 Å². The summed E-state index contributed by atoms with van der Waals surface area (Å²) in [5.74, 6) is 2.95. The minimum Gasteiger partial charge on any atom is -0.458 e. The third-order valence-corrected chi connectivity index (χ3v) is 8.14. The van der Waals surface area contributed by atoms with E-state index in [9.17, 15) is 8.42 Å². The topological polar surface area (TPSA) is 110 Å². The molecule has 37 heavy (non-hydrogen) atoms. The number of nitrogens with zero attached hydrogens (tertiary/aromatic N) is 3. The highest BCUT2D eigenvalue weighted by Crippen LogP contribution is 2.32. The summed E-state index contributed by atoms with van der Waals surface area (Å²) in [6, 6.07) is 20.8. The number of para-hydroxylation sites is 1. The molecule has 5 rings (SSSR count). The smallest absolute Gasteiger partial charge is 0.208 e. The van der Waals surface area contributed by atoms with Crippen LogP contribution in [0.2, 0.25) is 0 Å². The van der Waals surface area contributed by atoms with E-state index >= 15 is 0 Å². The van der Waals surface area contributed by atoms with Gasteiger partial charge in [0, 0.05) is 17.7 Å². The molecule has 0 atom stereocenters. The van der Waals surface area contributed by atoms with Crippen molar-refractivity contribution in [2.75, 3.05) is 23.9 Å². The van der Waals surface area contributed by atoms with Gasteiger partial charge >= 0.3 is 0 Å². The SMILES string of the molecule is CSCCNCc1ccc(-c2cc3c(Nc4ccccc4S(=O)(=O)c4ccccc4)ncnc3cn2)o1. The lowest BCUT2D eigenvalue weighted by atomic mass is 10.2. The van der Waals surface area contributed by atoms with Crippen molar-refractivity contribution in [3.05, 3.63) is 91.1 Å². The summed E-state index contributed by atoms with van der Waals surface area (Å²) in [5.41, 5.74) is 1.67. The number of nitrogens with one attached hydrogen (secondary N) is 2. The summed E-state index contributed by atoms with van der Waals surface area (Å²) in [5, 5.41) is 7.25. The van der Waals surface area contributed by atoms with Crippen LogP contribution >= 0.6 is 11.8 Å². The summed E-state index contributed by atoms with van der Waals surface area (Å²) in [6.07, 6.45) is 5.15. The average molecular weight is 532 g/mol. The Labute approximate surface area is 219 Å². The molecule has 5 aromatic rings. The van der Waals surface area contributed by atoms with E-state index in [0.29, 0.717) is 40.4 Å². The van der Waals surface area contributed by atoms with Crippen molar-refractivity contribution >= 4 is 44.0 Å². The standard InChI is InChI=1S/C27H25N5O3S2/c1-36-14-13-28-16-19-11-12-25(35-19)23-15-21-24(17-29-23)30-18-31-27(21)32-22-9-5-6-10-26(22)37(33,34)20-7-3-2-4-8-20/h2-12,15,17-18,28H,13-14,16H2,1H3,(H,30,31,32). The van der Waals surface area contributed by atoms with E-state index in [-0.39, 0.29) is 9.79 Å². The van der Waals surface area contributed by atoms with Gasteiger partial charge in [0.2, 0.25) is 9.84 Å². The van der Waals surface area contributed by atoms with Crippen LogP contribution in [0.3, 0.4) is 0 Å². The molecule has 0 aliphatic rings. The molecule has 10 heteroatoms. The number of hydrogen-bond acceptors (Lipinski definition) is 9. The summed E-state index contributed by atoms with van der Waals surface area (Å²) in [6.45, 7) is 1.54. The van der Waals surface area contributed by atoms with Gasteiger partial charge in [-0.3, -0.25) is 4.98 Å². The largest absolute Gasteiger partial charge is 0.458 e. The van der Waals surface area contributed by atoms with Crippen LogP contribution in [-0.2, 0) is 16.4 Å². The Kier molecular flexibility index (Phi) is 7.50. The Bertz CT molecular complexity index is 1620. The third kappa shape index (κ3) is 5.51. The summed E-state index contributed by atoms with van der Waals surface area (Å²) >= 11 is 1.79. The Balaban J connectivity index is 1.47. The van der Waals surface area contributed by atoms with Gasteiger partial charge in [-0.15, -0.1) is 0 Å². The highest BCUT2D eigenvalue weighted by Gasteiger charge is 2.21. The van der Waals surface area contributed by atoms with Crippen molar-refractivity contribution in [3.63, 3.8) is 0 Å². The molecule has 3 heterocycles. The van der Waals surface area contributed by atoms with E-state index in [4.69, 9.17) is 4.42 Å². The van der Waals surface area contributed by atoms with Crippen LogP contribution in [0.25, 0.3) is 22.4 Å². The van der Waals surface area contributed by atoms with Crippen molar-refractivity contribution in [1.29, 1.82) is 0 Å². The van der Waals surface area contributed by atoms with Gasteiger partial charge in [-0.05, 0) is 48.7 Å². The molecule has 0 aliphatic carbocycles. The fourth-order valence-electron chi connectivity index (χ4n) is 3.85. The molecule has 3 aromatic heterocycles. The average Bonchev–Trinajstić information content (AvgIpc) is 3.41. The second kappa shape index (κ2) is 11.1. The van der Waals surface area contributed by atoms with Gasteiger partial charge in [0.05, 0.1) is 33.7 Å². The monoisotopic (exact) mass is 531 g/mol. The van der Waals surface area contributed by atoms with E-state index in [2.05, 4.69) is 31.8 Å². The fraction of sp³-hybridized carbons (Fsp3) is 0.148. The lowest BCUT2D eigenvalue weighted by molar-refractivity contribution is 0.498. The maximum absolute atomic E-state index is 13.4. The van der Waals surface area contributed by atoms with Gasteiger partial charge in [-0.2, -0.15) is 11.8 Å². The van der Waals surface area contributed by atoms with E-state index in [1.165, 1.54) is 6.33 Å². The van der Waals surface area contributed by atoms with Crippen molar-refractivity contribution in [2.24, 2.45) is 0 Å². The predicted molar refractivity (Wildman–Crippen MR) is 147 cm³/mol. The highest BCUT2D eigenvalue weighted by atomic mass is 32.2. The van der Waals surface area contributed by atoms with Crippen molar-refractivity contribution in [1.82, 2.24) is 20.3 Å². The first-order valence-electron chi connectivity index (χ1n) is 11.6. The van der Waals surface area contributed by atoms with Crippen molar-refractivity contribution in [3.8, 4) is 11.5 Å². The number of rotatable bonds is 10. The maximum atomic E-state index is 13.4. The third-order valence-electron chi connectivity index (χ3n) is 5.70. The number of fused-ring (bicyclic) bond motifs is 1. The number of benzene rings is 2. The molecule has 0 fully saturated rings. The maximum Gasteiger partial charge on any atom is 0.208 e. The zero-order valence-corrected chi connectivity index (χ0v) is 21.7. The molecule has 2 N–H and O–H groups in total. The molecule has 0 spiro atoms. The molecule has 2 aromatic carbocycles. The molecular weight excluding hydrogens is 506 g/mol. The van der Waals surface area contributed by atoms with Gasteiger partial charge in [0.1, 0.15) is 23.6 Å². The van der Waals surface area contributed by atoms with E-state index in [0.717, 1.165) is 18.1 Å². The zero-order valence-electron chi connectivity index (χ0n) is 20.1. The zero-order chi connectivity index (χ0) is 25.7. The molecule has 188 valence electrons. The van der Waals surface area contributed by atoms with Gasteiger partial charge in [0.25, 0.3) is 0 Å². The summed E-state index contributed by atoms with van der Waals surface area (Å²) in [7, 11) is -3.74. The molecule has 0 radical (unpaired) electrons. The number of furan rings is 1. The molecule has 0 bridgehead atoms. The molecule has 0 saturated carbocycles. The minimum atomic E-state index is -3.74. The summed E-state index contributed by atoms with van der Waals surface area (Å²) < 4.78 is 32.7. The normalized spacial score (nSPS) is 11.6. The number of aromatic nitrogens is 3. The first-order valence-corrected chi connectivity index (χ1v) is 14.5. The fourth-order valence-corrected chi connectivity index (χ4v) is 5.63. The quantitative estimate of drug-likeness (QED) is 0.232. The second-order valence-corrected chi connectivity index (χ2v) is 11.1. The number of hydrogen-bond donors (Lipinski definition) is 2. The van der Waals surface area contributed by atoms with E-state index < -0.39 is 9.84 Å². The minimum absolute atomic E-state index is 0.159. The number of pyridine rings is 1. The van der Waals surface area contributed by atoms with E-state index in [1.54, 1.807) is 72.6 Å². The lowest BCUT2D eigenvalue weighted by Crippen LogP contribution is -2.15. The van der Waals surface area contributed by atoms with Gasteiger partial charge in [-0.25, -0.2) is 18.4 Å². The second-order valence-electron chi connectivity index (χ2n) is 8.18. The van der Waals surface area contributed by atoms with Crippen LogP contribution in [0.4, 0.5) is 11.5 Å². The first-order chi connectivity index (χ1) is 18.1. The molecule has 0 amide bonds. The Morgan fingerprint density at radius 2 is 1.76 bits per heavy atom. The first kappa shape index (κ1) is 24.9. The molecule has 0 saturated heterocycles. The van der Waals surface area contributed by atoms with Crippen LogP contribution in [0, 0.1) is 0 Å². The number of sulfone groups is 1. The Hall–Kier alpha value is -3.73. The molecule has 8 nitrogen and oxygen atoms in total. The van der Waals surface area contributed by atoms with Crippen LogP contribution in [0.15, 0.2) is 99.5 Å². The van der Waals surface area contributed by atoms with Crippen LogP contribution in [0.5, 0.6) is 0 Å². The molecule has 0 aliphatic heterocycles. The number of thioether (sulfide) groups is 1. The van der Waals surface area contributed by atoms with Crippen LogP contribution in [-0.4, -0.2) is 41.9 Å². The lowest BCUT2D eigenvalue weighted by Gasteiger charge is -2.13. The van der Waals surface area contributed by atoms with Gasteiger partial charge < -0.3 is 15.1 Å². The Morgan fingerprint density at radius 1 is 0.946 bits per heavy atom. The number of anilines is 2. The van der Waals surface area contributed by atoms with Crippen molar-refractivity contribution in [2.45, 2.75) is 16.3 Å². The Morgan fingerprint density at radius 3 is 2.59 bits per heavy atom. The summed E-state index contributed by atoms with van der Waals surface area (Å²) in [4.78, 5) is 13.6. The van der Waals surface area contributed by atoms with Crippen LogP contribution < -0.4 is 10.6 Å².